The lowest BCUT2D eigenvalue weighted by Gasteiger charge is -2.34. The largest absolute Gasteiger partial charge is 0.454 e. The summed E-state index contributed by atoms with van der Waals surface area (Å²) in [6.45, 7) is 2.39. The summed E-state index contributed by atoms with van der Waals surface area (Å²) in [5.41, 5.74) is 0.249. The second-order valence-electron chi connectivity index (χ2n) is 8.35. The van der Waals surface area contributed by atoms with Gasteiger partial charge in [-0.3, -0.25) is 19.3 Å². The number of hydrogen-bond donors (Lipinski definition) is 1. The molecule has 2 aliphatic heterocycles. The number of urea groups is 1. The van der Waals surface area contributed by atoms with Crippen LogP contribution >= 0.6 is 11.3 Å². The summed E-state index contributed by atoms with van der Waals surface area (Å²) in [5.74, 6) is -0.803. The summed E-state index contributed by atoms with van der Waals surface area (Å²) in [6.07, 6.45) is 4.83. The first-order valence-corrected chi connectivity index (χ1v) is 11.4. The number of imide groups is 1. The van der Waals surface area contributed by atoms with Crippen LogP contribution in [0.15, 0.2) is 11.4 Å². The van der Waals surface area contributed by atoms with Crippen LogP contribution in [0.3, 0.4) is 0 Å². The zero-order valence-corrected chi connectivity index (χ0v) is 18.0. The average molecular weight is 434 g/mol. The van der Waals surface area contributed by atoms with Crippen LogP contribution in [0.4, 0.5) is 4.79 Å². The van der Waals surface area contributed by atoms with Gasteiger partial charge in [0.15, 0.2) is 6.61 Å². The number of carbonyl (C=O) groups is 4. The van der Waals surface area contributed by atoms with Gasteiger partial charge in [0, 0.05) is 18.0 Å². The first kappa shape index (κ1) is 20.8. The maximum atomic E-state index is 12.9. The maximum absolute atomic E-state index is 12.9. The summed E-state index contributed by atoms with van der Waals surface area (Å²) in [5, 5.41) is 4.81. The van der Waals surface area contributed by atoms with Gasteiger partial charge in [0.05, 0.1) is 0 Å². The lowest BCUT2D eigenvalue weighted by Crippen LogP contribution is -2.49. The molecule has 0 bridgehead atoms. The zero-order chi connectivity index (χ0) is 21.3. The summed E-state index contributed by atoms with van der Waals surface area (Å²) in [7, 11) is 0. The predicted molar refractivity (Wildman–Crippen MR) is 110 cm³/mol. The summed E-state index contributed by atoms with van der Waals surface area (Å²) < 4.78 is 5.09. The Hall–Kier alpha value is -2.42. The van der Waals surface area contributed by atoms with Crippen LogP contribution in [-0.4, -0.2) is 58.8 Å². The number of esters is 1. The van der Waals surface area contributed by atoms with Crippen molar-refractivity contribution >= 4 is 35.2 Å². The molecule has 2 fully saturated rings. The van der Waals surface area contributed by atoms with Gasteiger partial charge < -0.3 is 15.0 Å². The Bertz CT molecular complexity index is 859. The van der Waals surface area contributed by atoms with Gasteiger partial charge in [0.25, 0.3) is 11.8 Å². The summed E-state index contributed by atoms with van der Waals surface area (Å²) in [6, 6.07) is 1.45. The molecule has 0 unspecified atom stereocenters. The lowest BCUT2D eigenvalue weighted by atomic mass is 9.75. The quantitative estimate of drug-likeness (QED) is 0.567. The molecule has 1 aromatic heterocycles. The Balaban J connectivity index is 1.27. The molecule has 9 heteroatoms. The average Bonchev–Trinajstić information content (AvgIpc) is 3.31. The van der Waals surface area contributed by atoms with Gasteiger partial charge in [-0.1, -0.05) is 13.3 Å². The maximum Gasteiger partial charge on any atom is 0.326 e. The lowest BCUT2D eigenvalue weighted by molar-refractivity contribution is -0.154. The molecule has 0 radical (unpaired) electrons. The number of rotatable bonds is 5. The minimum Gasteiger partial charge on any atom is -0.454 e. The van der Waals surface area contributed by atoms with Crippen LogP contribution in [0.1, 0.15) is 49.5 Å². The van der Waals surface area contributed by atoms with Gasteiger partial charge in [-0.15, -0.1) is 11.3 Å². The topological polar surface area (TPSA) is 96.0 Å². The molecule has 162 valence electrons. The fraction of sp³-hybridized carbons (Fsp3) is 0.619. The van der Waals surface area contributed by atoms with Gasteiger partial charge in [0.1, 0.15) is 12.1 Å². The molecular weight excluding hydrogens is 406 g/mol. The van der Waals surface area contributed by atoms with E-state index in [0.29, 0.717) is 31.8 Å². The van der Waals surface area contributed by atoms with Gasteiger partial charge in [-0.05, 0) is 55.0 Å². The van der Waals surface area contributed by atoms with Crippen molar-refractivity contribution in [2.45, 2.75) is 57.5 Å². The highest BCUT2D eigenvalue weighted by molar-refractivity contribution is 7.10. The Morgan fingerprint density at radius 1 is 1.30 bits per heavy atom. The number of thiophene rings is 1. The van der Waals surface area contributed by atoms with Crippen LogP contribution in [-0.2, 0) is 32.1 Å². The Morgan fingerprint density at radius 3 is 2.80 bits per heavy atom. The molecule has 3 heterocycles. The van der Waals surface area contributed by atoms with E-state index in [1.165, 1.54) is 4.88 Å². The molecule has 8 nitrogen and oxygen atoms in total. The van der Waals surface area contributed by atoms with Crippen LogP contribution in [0.5, 0.6) is 0 Å². The van der Waals surface area contributed by atoms with E-state index in [1.807, 2.05) is 11.4 Å². The monoisotopic (exact) mass is 433 g/mol. The highest BCUT2D eigenvalue weighted by Crippen LogP contribution is 2.37. The molecule has 1 aliphatic carbocycles. The number of ether oxygens (including phenoxy) is 1. The summed E-state index contributed by atoms with van der Waals surface area (Å²) in [4.78, 5) is 53.7. The predicted octanol–water partition coefficient (Wildman–Crippen LogP) is 2.07. The van der Waals surface area contributed by atoms with E-state index < -0.39 is 24.1 Å². The standard InChI is InChI=1S/C21H27N3O5S/c1-2-14-3-7-21(8-4-14)19(27)24(20(28)22-21)12-18(26)29-13-17(25)23-9-5-16-15(11-23)6-10-30-16/h6,10,14H,2-5,7-9,11-13H2,1H3,(H,22,28). The SMILES string of the molecule is CCC1CCC2(CC1)NC(=O)N(CC(=O)OCC(=O)N1CCc3sccc3C1)C2=O. The van der Waals surface area contributed by atoms with Crippen molar-refractivity contribution in [2.75, 3.05) is 19.7 Å². The Morgan fingerprint density at radius 2 is 2.07 bits per heavy atom. The Labute approximate surface area is 179 Å². The fourth-order valence-corrected chi connectivity index (χ4v) is 5.50. The van der Waals surface area contributed by atoms with E-state index in [0.717, 1.165) is 36.1 Å². The minimum atomic E-state index is -0.884. The van der Waals surface area contributed by atoms with E-state index in [1.54, 1.807) is 16.2 Å². The highest BCUT2D eigenvalue weighted by atomic mass is 32.1. The van der Waals surface area contributed by atoms with E-state index in [9.17, 15) is 19.2 Å². The molecule has 0 aromatic carbocycles. The van der Waals surface area contributed by atoms with Gasteiger partial charge >= 0.3 is 12.0 Å². The summed E-state index contributed by atoms with van der Waals surface area (Å²) >= 11 is 1.69. The minimum absolute atomic E-state index is 0.272. The van der Waals surface area contributed by atoms with Crippen LogP contribution in [0.25, 0.3) is 0 Å². The number of nitrogens with one attached hydrogen (secondary N) is 1. The number of fused-ring (bicyclic) bond motifs is 1. The number of amides is 4. The molecule has 3 aliphatic rings. The first-order chi connectivity index (χ1) is 14.4. The Kier molecular flexibility index (Phi) is 5.81. The molecule has 1 aromatic rings. The van der Waals surface area contributed by atoms with Crippen LogP contribution in [0, 0.1) is 5.92 Å². The molecule has 1 saturated carbocycles. The molecule has 1 saturated heterocycles. The molecule has 0 atom stereocenters. The smallest absolute Gasteiger partial charge is 0.326 e. The van der Waals surface area contributed by atoms with Crippen LogP contribution < -0.4 is 5.32 Å². The number of nitrogens with zero attached hydrogens (tertiary/aromatic N) is 2. The van der Waals surface area contributed by atoms with Crippen molar-refractivity contribution in [2.24, 2.45) is 5.92 Å². The number of carbonyl (C=O) groups excluding carboxylic acids is 4. The fourth-order valence-electron chi connectivity index (χ4n) is 4.61. The second kappa shape index (κ2) is 8.37. The molecule has 30 heavy (non-hydrogen) atoms. The second-order valence-corrected chi connectivity index (χ2v) is 9.35. The first-order valence-electron chi connectivity index (χ1n) is 10.5. The van der Waals surface area contributed by atoms with Gasteiger partial charge in [-0.2, -0.15) is 0 Å². The third-order valence-corrected chi connectivity index (χ3v) is 7.61. The molecular formula is C21H27N3O5S. The van der Waals surface area contributed by atoms with E-state index in [2.05, 4.69) is 12.2 Å². The van der Waals surface area contributed by atoms with E-state index in [4.69, 9.17) is 4.74 Å². The molecule has 4 amide bonds. The van der Waals surface area contributed by atoms with Crippen molar-refractivity contribution < 1.29 is 23.9 Å². The molecule has 1 N–H and O–H groups in total. The third kappa shape index (κ3) is 3.95. The van der Waals surface area contributed by atoms with Gasteiger partial charge in [0.2, 0.25) is 0 Å². The van der Waals surface area contributed by atoms with Gasteiger partial charge in [-0.25, -0.2) is 4.79 Å². The molecule has 1 spiro atoms. The van der Waals surface area contributed by atoms with Crippen molar-refractivity contribution in [3.63, 3.8) is 0 Å². The van der Waals surface area contributed by atoms with Crippen LogP contribution in [0.2, 0.25) is 0 Å². The van der Waals surface area contributed by atoms with Crippen molar-refractivity contribution in [3.05, 3.63) is 21.9 Å². The zero-order valence-electron chi connectivity index (χ0n) is 17.1. The number of hydrogen-bond acceptors (Lipinski definition) is 6. The van der Waals surface area contributed by atoms with E-state index >= 15 is 0 Å². The van der Waals surface area contributed by atoms with Crippen molar-refractivity contribution in [1.82, 2.24) is 15.1 Å². The van der Waals surface area contributed by atoms with Crippen molar-refractivity contribution in [1.29, 1.82) is 0 Å². The highest BCUT2D eigenvalue weighted by Gasteiger charge is 2.52. The van der Waals surface area contributed by atoms with Crippen molar-refractivity contribution in [3.8, 4) is 0 Å². The molecule has 4 rings (SSSR count). The third-order valence-electron chi connectivity index (χ3n) is 6.59. The normalized spacial score (nSPS) is 26.0. The van der Waals surface area contributed by atoms with E-state index in [-0.39, 0.29) is 18.4 Å².